The third-order valence-electron chi connectivity index (χ3n) is 5.35. The van der Waals surface area contributed by atoms with Crippen LogP contribution >= 0.6 is 0 Å². The van der Waals surface area contributed by atoms with Crippen LogP contribution in [0.1, 0.15) is 24.0 Å². The number of nitrogens with one attached hydrogen (secondary N) is 1. The maximum absolute atomic E-state index is 12.8. The van der Waals surface area contributed by atoms with Gasteiger partial charge in [-0.2, -0.15) is 0 Å². The van der Waals surface area contributed by atoms with Crippen LogP contribution in [0.5, 0.6) is 5.75 Å². The van der Waals surface area contributed by atoms with E-state index in [2.05, 4.69) is 45.5 Å². The summed E-state index contributed by atoms with van der Waals surface area (Å²) in [5, 5.41) is 3.02. The molecule has 154 valence electrons. The smallest absolute Gasteiger partial charge is 0.238 e. The molecule has 1 aliphatic rings. The molecule has 1 aliphatic carbocycles. The summed E-state index contributed by atoms with van der Waals surface area (Å²) in [4.78, 5) is 19.3. The Morgan fingerprint density at radius 3 is 2.70 bits per heavy atom. The number of ether oxygens (including phenoxy) is 1. The molecular weight excluding hydrogens is 374 g/mol. The summed E-state index contributed by atoms with van der Waals surface area (Å²) in [6, 6.07) is 18.8. The predicted molar refractivity (Wildman–Crippen MR) is 119 cm³/mol. The van der Waals surface area contributed by atoms with E-state index < -0.39 is 0 Å². The highest BCUT2D eigenvalue weighted by Gasteiger charge is 2.30. The third kappa shape index (κ3) is 5.05. The Morgan fingerprint density at radius 2 is 1.97 bits per heavy atom. The van der Waals surface area contributed by atoms with Gasteiger partial charge in [-0.05, 0) is 66.3 Å². The zero-order valence-electron chi connectivity index (χ0n) is 17.5. The maximum atomic E-state index is 12.8. The van der Waals surface area contributed by atoms with E-state index in [1.54, 1.807) is 13.3 Å². The summed E-state index contributed by atoms with van der Waals surface area (Å²) in [5.41, 5.74) is 5.24. The lowest BCUT2D eigenvalue weighted by Gasteiger charge is -2.22. The Bertz CT molecular complexity index is 1020. The fraction of sp³-hybridized carbons (Fsp3) is 0.280. The van der Waals surface area contributed by atoms with Gasteiger partial charge in [-0.15, -0.1) is 0 Å². The van der Waals surface area contributed by atoms with Crippen LogP contribution in [0.3, 0.4) is 0 Å². The number of hydrogen-bond donors (Lipinski definition) is 1. The van der Waals surface area contributed by atoms with E-state index in [-0.39, 0.29) is 5.91 Å². The maximum Gasteiger partial charge on any atom is 0.238 e. The minimum absolute atomic E-state index is 0.0192. The Hall–Kier alpha value is -3.18. The number of anilines is 1. The minimum Gasteiger partial charge on any atom is -0.495 e. The molecule has 5 heteroatoms. The molecule has 0 spiro atoms. The van der Waals surface area contributed by atoms with Crippen molar-refractivity contribution >= 4 is 11.6 Å². The molecule has 0 saturated heterocycles. The molecule has 1 amide bonds. The molecule has 1 heterocycles. The van der Waals surface area contributed by atoms with Gasteiger partial charge in [0.05, 0.1) is 19.3 Å². The van der Waals surface area contributed by atoms with Gasteiger partial charge < -0.3 is 10.1 Å². The number of carbonyl (C=O) groups is 1. The van der Waals surface area contributed by atoms with Crippen LogP contribution < -0.4 is 10.1 Å². The lowest BCUT2D eigenvalue weighted by atomic mass is 10.0. The fourth-order valence-electron chi connectivity index (χ4n) is 3.66. The van der Waals surface area contributed by atoms with Crippen LogP contribution in [0.2, 0.25) is 0 Å². The van der Waals surface area contributed by atoms with Gasteiger partial charge in [0.25, 0.3) is 0 Å². The van der Waals surface area contributed by atoms with Gasteiger partial charge in [0, 0.05) is 25.0 Å². The van der Waals surface area contributed by atoms with Gasteiger partial charge >= 0.3 is 0 Å². The van der Waals surface area contributed by atoms with Crippen LogP contribution in [0.25, 0.3) is 11.1 Å². The zero-order valence-corrected chi connectivity index (χ0v) is 17.5. The van der Waals surface area contributed by atoms with E-state index in [0.717, 1.165) is 41.8 Å². The highest BCUT2D eigenvalue weighted by Crippen LogP contribution is 2.30. The SMILES string of the molecule is COc1ccc(C)cc1NC(=O)CN(Cc1cccc(-c2cccnc2)c1)C1CC1. The number of carbonyl (C=O) groups excluding carboxylic acids is 1. The van der Waals surface area contributed by atoms with Gasteiger partial charge in [-0.3, -0.25) is 14.7 Å². The number of hydrogen-bond acceptors (Lipinski definition) is 4. The lowest BCUT2D eigenvalue weighted by molar-refractivity contribution is -0.117. The number of benzene rings is 2. The predicted octanol–water partition coefficient (Wildman–Crippen LogP) is 4.67. The van der Waals surface area contributed by atoms with Gasteiger partial charge in [0.2, 0.25) is 5.91 Å². The molecule has 30 heavy (non-hydrogen) atoms. The molecule has 2 aromatic carbocycles. The van der Waals surface area contributed by atoms with E-state index in [4.69, 9.17) is 4.74 Å². The molecule has 1 N–H and O–H groups in total. The fourth-order valence-corrected chi connectivity index (χ4v) is 3.66. The Balaban J connectivity index is 1.45. The van der Waals surface area contributed by atoms with Gasteiger partial charge in [-0.1, -0.05) is 30.3 Å². The molecule has 4 rings (SSSR count). The summed E-state index contributed by atoms with van der Waals surface area (Å²) in [7, 11) is 1.62. The van der Waals surface area contributed by atoms with Crippen LogP contribution in [0.4, 0.5) is 5.69 Å². The summed E-state index contributed by atoms with van der Waals surface area (Å²) in [5.74, 6) is 0.658. The number of aryl methyl sites for hydroxylation is 1. The first-order valence-electron chi connectivity index (χ1n) is 10.3. The van der Waals surface area contributed by atoms with Gasteiger partial charge in [-0.25, -0.2) is 0 Å². The highest BCUT2D eigenvalue weighted by atomic mass is 16.5. The van der Waals surface area contributed by atoms with E-state index >= 15 is 0 Å². The molecule has 0 aliphatic heterocycles. The van der Waals surface area contributed by atoms with E-state index in [9.17, 15) is 4.79 Å². The molecule has 0 bridgehead atoms. The van der Waals surface area contributed by atoms with Crippen LogP contribution in [-0.4, -0.2) is 35.5 Å². The van der Waals surface area contributed by atoms with E-state index in [1.165, 1.54) is 5.56 Å². The summed E-state index contributed by atoms with van der Waals surface area (Å²) in [6.45, 7) is 3.11. The van der Waals surface area contributed by atoms with Crippen molar-refractivity contribution in [2.75, 3.05) is 19.0 Å². The number of methoxy groups -OCH3 is 1. The number of rotatable bonds is 8. The standard InChI is InChI=1S/C25H27N3O2/c1-18-8-11-24(30-2)23(13-18)27-25(29)17-28(22-9-10-22)16-19-5-3-6-20(14-19)21-7-4-12-26-15-21/h3-8,11-15,22H,9-10,16-17H2,1-2H3,(H,27,29). The second-order valence-electron chi connectivity index (χ2n) is 7.83. The molecule has 1 aromatic heterocycles. The first-order valence-corrected chi connectivity index (χ1v) is 10.3. The summed E-state index contributed by atoms with van der Waals surface area (Å²) in [6.07, 6.45) is 5.94. The highest BCUT2D eigenvalue weighted by molar-refractivity contribution is 5.93. The van der Waals surface area contributed by atoms with Crippen LogP contribution in [0, 0.1) is 6.92 Å². The van der Waals surface area contributed by atoms with Crippen molar-refractivity contribution in [3.8, 4) is 16.9 Å². The van der Waals surface area contributed by atoms with E-state index in [1.807, 2.05) is 37.4 Å². The van der Waals surface area contributed by atoms with Crippen LogP contribution in [0.15, 0.2) is 67.0 Å². The average Bonchev–Trinajstić information content (AvgIpc) is 3.60. The largest absolute Gasteiger partial charge is 0.495 e. The van der Waals surface area contributed by atoms with Gasteiger partial charge in [0.15, 0.2) is 0 Å². The Labute approximate surface area is 177 Å². The number of nitrogens with zero attached hydrogens (tertiary/aromatic N) is 2. The molecular formula is C25H27N3O2. The Morgan fingerprint density at radius 1 is 1.13 bits per heavy atom. The van der Waals surface area contributed by atoms with Crippen molar-refractivity contribution in [3.05, 3.63) is 78.1 Å². The molecule has 1 fully saturated rings. The number of aromatic nitrogens is 1. The lowest BCUT2D eigenvalue weighted by Crippen LogP contribution is -2.34. The monoisotopic (exact) mass is 401 g/mol. The van der Waals surface area contributed by atoms with Crippen molar-refractivity contribution in [1.29, 1.82) is 0 Å². The van der Waals surface area contributed by atoms with Crippen molar-refractivity contribution in [2.45, 2.75) is 32.4 Å². The topological polar surface area (TPSA) is 54.5 Å². The van der Waals surface area contributed by atoms with Crippen molar-refractivity contribution < 1.29 is 9.53 Å². The molecule has 0 unspecified atom stereocenters. The molecule has 1 saturated carbocycles. The molecule has 0 radical (unpaired) electrons. The van der Waals surface area contributed by atoms with Crippen molar-refractivity contribution in [2.24, 2.45) is 0 Å². The first kappa shape index (κ1) is 20.1. The summed E-state index contributed by atoms with van der Waals surface area (Å²) >= 11 is 0. The zero-order chi connectivity index (χ0) is 20.9. The minimum atomic E-state index is -0.0192. The first-order chi connectivity index (χ1) is 14.6. The van der Waals surface area contributed by atoms with Gasteiger partial charge in [0.1, 0.15) is 5.75 Å². The number of pyridine rings is 1. The number of amides is 1. The quantitative estimate of drug-likeness (QED) is 0.596. The second-order valence-corrected chi connectivity index (χ2v) is 7.83. The normalized spacial score (nSPS) is 13.3. The summed E-state index contributed by atoms with van der Waals surface area (Å²) < 4.78 is 5.38. The van der Waals surface area contributed by atoms with E-state index in [0.29, 0.717) is 18.3 Å². The molecule has 5 nitrogen and oxygen atoms in total. The molecule has 0 atom stereocenters. The average molecular weight is 402 g/mol. The second kappa shape index (κ2) is 9.09. The Kier molecular flexibility index (Phi) is 6.10. The third-order valence-corrected chi connectivity index (χ3v) is 5.35. The van der Waals surface area contributed by atoms with Crippen LogP contribution in [-0.2, 0) is 11.3 Å². The van der Waals surface area contributed by atoms with Crippen molar-refractivity contribution in [1.82, 2.24) is 9.88 Å². The van der Waals surface area contributed by atoms with Crippen molar-refractivity contribution in [3.63, 3.8) is 0 Å². The molecule has 3 aromatic rings.